The van der Waals surface area contributed by atoms with Gasteiger partial charge in [-0.25, -0.2) is 9.18 Å². The Bertz CT molecular complexity index is 1070. The second-order valence-electron chi connectivity index (χ2n) is 6.59. The van der Waals surface area contributed by atoms with Crippen LogP contribution in [0.4, 0.5) is 23.2 Å². The molecular weight excluding hydrogens is 430 g/mol. The van der Waals surface area contributed by atoms with Crippen LogP contribution in [0.1, 0.15) is 22.3 Å². The fraction of sp³-hybridized carbons (Fsp3) is 0.130. The van der Waals surface area contributed by atoms with E-state index in [2.05, 4.69) is 11.9 Å². The van der Waals surface area contributed by atoms with Crippen molar-refractivity contribution < 1.29 is 37.0 Å². The van der Waals surface area contributed by atoms with E-state index in [0.717, 1.165) is 24.3 Å². The van der Waals surface area contributed by atoms with Crippen molar-refractivity contribution >= 4 is 17.6 Å². The second kappa shape index (κ2) is 10.4. The number of carboxylic acids is 1. The minimum Gasteiger partial charge on any atom is -0.478 e. The monoisotopic (exact) mass is 449 g/mol. The largest absolute Gasteiger partial charge is 0.478 e. The van der Waals surface area contributed by atoms with Crippen LogP contribution in [0, 0.1) is 12.7 Å². The van der Waals surface area contributed by atoms with Gasteiger partial charge < -0.3 is 15.2 Å². The molecule has 0 spiro atoms. The van der Waals surface area contributed by atoms with E-state index in [9.17, 15) is 27.2 Å². The van der Waals surface area contributed by atoms with E-state index in [4.69, 9.17) is 9.84 Å². The number of rotatable bonds is 8. The van der Waals surface area contributed by atoms with E-state index in [-0.39, 0.29) is 22.8 Å². The Morgan fingerprint density at radius 3 is 2.34 bits per heavy atom. The number of nitrogens with one attached hydrogen (secondary N) is 1. The number of allylic oxidation sites excluding steroid dienone is 4. The Labute approximate surface area is 181 Å². The van der Waals surface area contributed by atoms with E-state index in [1.54, 1.807) is 0 Å². The average molecular weight is 449 g/mol. The predicted molar refractivity (Wildman–Crippen MR) is 111 cm³/mol. The zero-order chi connectivity index (χ0) is 23.9. The summed E-state index contributed by atoms with van der Waals surface area (Å²) in [7, 11) is 0. The smallest absolute Gasteiger partial charge is 0.416 e. The Morgan fingerprint density at radius 1 is 1.16 bits per heavy atom. The molecular formula is C23H19F4NO4. The highest BCUT2D eigenvalue weighted by molar-refractivity contribution is 5.93. The second-order valence-corrected chi connectivity index (χ2v) is 6.59. The fourth-order valence-corrected chi connectivity index (χ4v) is 2.57. The minimum absolute atomic E-state index is 0.00286. The lowest BCUT2D eigenvalue weighted by Crippen LogP contribution is -2.16. The highest BCUT2D eigenvalue weighted by Gasteiger charge is 2.32. The van der Waals surface area contributed by atoms with Gasteiger partial charge in [-0.05, 0) is 61.0 Å². The van der Waals surface area contributed by atoms with Gasteiger partial charge in [-0.2, -0.15) is 13.2 Å². The molecule has 0 aliphatic rings. The van der Waals surface area contributed by atoms with Crippen molar-refractivity contribution in [2.24, 2.45) is 0 Å². The summed E-state index contributed by atoms with van der Waals surface area (Å²) in [5, 5.41) is 11.4. The van der Waals surface area contributed by atoms with Gasteiger partial charge in [-0.3, -0.25) is 4.79 Å². The summed E-state index contributed by atoms with van der Waals surface area (Å²) in [6.07, 6.45) is -2.98. The summed E-state index contributed by atoms with van der Waals surface area (Å²) in [6.45, 7) is 4.76. The standard InChI is InChI=1S/C23H19F4NO4/c1-3-4-16(23(25,26)27)12-19(32-20-10-7-17(24)11-14(20)2)13-21(29)28-18-8-5-15(6-9-18)22(30)31/h3-12H,1,13H2,2H3,(H,28,29)(H,30,31)/b16-4+,19-12+. The van der Waals surface area contributed by atoms with Crippen molar-refractivity contribution in [3.05, 3.63) is 95.5 Å². The van der Waals surface area contributed by atoms with Gasteiger partial charge in [0, 0.05) is 5.69 Å². The number of aromatic carboxylic acids is 1. The molecule has 168 valence electrons. The van der Waals surface area contributed by atoms with Gasteiger partial charge in [0.05, 0.1) is 17.6 Å². The van der Waals surface area contributed by atoms with Crippen molar-refractivity contribution in [2.75, 3.05) is 5.32 Å². The number of halogens is 4. The highest BCUT2D eigenvalue weighted by Crippen LogP contribution is 2.30. The Balaban J connectivity index is 2.31. The lowest BCUT2D eigenvalue weighted by Gasteiger charge is -2.15. The number of carbonyl (C=O) groups is 2. The number of aryl methyl sites for hydroxylation is 1. The number of benzene rings is 2. The summed E-state index contributed by atoms with van der Waals surface area (Å²) in [5.41, 5.74) is -0.527. The zero-order valence-electron chi connectivity index (χ0n) is 16.9. The molecule has 9 heteroatoms. The maximum atomic E-state index is 13.3. The van der Waals surface area contributed by atoms with Gasteiger partial charge in [0.15, 0.2) is 0 Å². The first-order chi connectivity index (χ1) is 15.0. The molecule has 0 saturated heterocycles. The summed E-state index contributed by atoms with van der Waals surface area (Å²) in [6, 6.07) is 8.67. The number of hydrogen-bond donors (Lipinski definition) is 2. The van der Waals surface area contributed by atoms with Gasteiger partial charge in [0.25, 0.3) is 0 Å². The molecule has 0 radical (unpaired) electrons. The molecule has 0 aromatic heterocycles. The third kappa shape index (κ3) is 7.12. The van der Waals surface area contributed by atoms with Crippen molar-refractivity contribution in [1.29, 1.82) is 0 Å². The first-order valence-corrected chi connectivity index (χ1v) is 9.17. The maximum Gasteiger partial charge on any atom is 0.416 e. The fourth-order valence-electron chi connectivity index (χ4n) is 2.57. The molecule has 0 saturated carbocycles. The van der Waals surface area contributed by atoms with Gasteiger partial charge in [-0.15, -0.1) is 0 Å². The normalized spacial score (nSPS) is 12.3. The summed E-state index contributed by atoms with van der Waals surface area (Å²) in [5.74, 6) is -2.67. The van der Waals surface area contributed by atoms with Crippen LogP contribution in [0.15, 0.2) is 78.6 Å². The Hall–Kier alpha value is -3.88. The molecule has 0 unspecified atom stereocenters. The van der Waals surface area contributed by atoms with E-state index in [1.165, 1.54) is 37.3 Å². The van der Waals surface area contributed by atoms with Crippen LogP contribution < -0.4 is 10.1 Å². The molecule has 2 rings (SSSR count). The van der Waals surface area contributed by atoms with Crippen LogP contribution in [0.25, 0.3) is 0 Å². The van der Waals surface area contributed by atoms with Crippen molar-refractivity contribution in [2.45, 2.75) is 19.5 Å². The van der Waals surface area contributed by atoms with Crippen molar-refractivity contribution in [3.8, 4) is 5.75 Å². The summed E-state index contributed by atoms with van der Waals surface area (Å²) in [4.78, 5) is 23.3. The quantitative estimate of drug-likeness (QED) is 0.304. The molecule has 0 aliphatic carbocycles. The number of ether oxygens (including phenoxy) is 1. The van der Waals surface area contributed by atoms with Crippen molar-refractivity contribution in [3.63, 3.8) is 0 Å². The first-order valence-electron chi connectivity index (χ1n) is 9.17. The van der Waals surface area contributed by atoms with Crippen LogP contribution in [0.2, 0.25) is 0 Å². The third-order valence-electron chi connectivity index (χ3n) is 4.07. The zero-order valence-corrected chi connectivity index (χ0v) is 16.9. The molecule has 5 nitrogen and oxygen atoms in total. The molecule has 2 aromatic carbocycles. The number of carboxylic acid groups (broad SMARTS) is 1. The topological polar surface area (TPSA) is 75.6 Å². The van der Waals surface area contributed by atoms with E-state index in [0.29, 0.717) is 11.6 Å². The molecule has 0 aliphatic heterocycles. The SMILES string of the molecule is C=C/C=C(\C=C(/CC(=O)Nc1ccc(C(=O)O)cc1)Oc1ccc(F)cc1C)C(F)(F)F. The average Bonchev–Trinajstić information content (AvgIpc) is 2.69. The number of carbonyl (C=O) groups excluding carboxylic acids is 1. The minimum atomic E-state index is -4.73. The predicted octanol–water partition coefficient (Wildman–Crippen LogP) is 5.80. The van der Waals surface area contributed by atoms with Crippen LogP contribution >= 0.6 is 0 Å². The van der Waals surface area contributed by atoms with Gasteiger partial charge in [0.1, 0.15) is 17.3 Å². The van der Waals surface area contributed by atoms with Crippen molar-refractivity contribution in [1.82, 2.24) is 0 Å². The van der Waals surface area contributed by atoms with Crippen LogP contribution in [0.5, 0.6) is 5.75 Å². The van der Waals surface area contributed by atoms with Crippen LogP contribution in [0.3, 0.4) is 0 Å². The lowest BCUT2D eigenvalue weighted by atomic mass is 10.1. The van der Waals surface area contributed by atoms with E-state index < -0.39 is 35.9 Å². The third-order valence-corrected chi connectivity index (χ3v) is 4.07. The highest BCUT2D eigenvalue weighted by atomic mass is 19.4. The Kier molecular flexibility index (Phi) is 7.95. The molecule has 2 aromatic rings. The van der Waals surface area contributed by atoms with Crippen LogP contribution in [-0.4, -0.2) is 23.2 Å². The molecule has 1 amide bonds. The van der Waals surface area contributed by atoms with Gasteiger partial charge in [-0.1, -0.05) is 18.7 Å². The molecule has 2 N–H and O–H groups in total. The molecule has 0 atom stereocenters. The summed E-state index contributed by atoms with van der Waals surface area (Å²) >= 11 is 0. The number of anilines is 1. The summed E-state index contributed by atoms with van der Waals surface area (Å²) < 4.78 is 58.8. The number of amides is 1. The Morgan fingerprint density at radius 2 is 1.81 bits per heavy atom. The van der Waals surface area contributed by atoms with E-state index in [1.807, 2.05) is 0 Å². The molecule has 0 heterocycles. The van der Waals surface area contributed by atoms with E-state index >= 15 is 0 Å². The number of hydrogen-bond acceptors (Lipinski definition) is 3. The van der Waals surface area contributed by atoms with Crippen LogP contribution in [-0.2, 0) is 4.79 Å². The molecule has 0 fully saturated rings. The molecule has 32 heavy (non-hydrogen) atoms. The number of alkyl halides is 3. The lowest BCUT2D eigenvalue weighted by molar-refractivity contribution is -0.116. The molecule has 0 bridgehead atoms. The van der Waals surface area contributed by atoms with Gasteiger partial charge >= 0.3 is 12.1 Å². The maximum absolute atomic E-state index is 13.3. The first kappa shape index (κ1) is 24.4. The van der Waals surface area contributed by atoms with Gasteiger partial charge in [0.2, 0.25) is 5.91 Å².